The smallest absolute Gasteiger partial charge is 0.243 e. The van der Waals surface area contributed by atoms with Gasteiger partial charge in [0, 0.05) is 13.0 Å². The molecule has 1 aromatic heterocycles. The standard InChI is InChI=1S/C40H50N10O8/c1-23(44-38(56)29(41)18-25-9-13-27(52)14-10-25)37(55)45-30(19-24-6-3-2-4-7-24)36-47-34(48-49-36)21-43-31(20-26-11-15-28(53)16-12-26)40(58)50-17-5-8-33(50)39(57)46-32(22-51)35(42)54/h2-4,6-7,9-16,23,29-33,43,51-53H,5,8,17-22,41H2,1H3,(H2,42,54)(H,44,56)(H,45,55)(H,46,57)(H,47,48,49)/t23-,29+,30+,31+,32+,33+/m1/s1. The van der Waals surface area contributed by atoms with E-state index in [9.17, 15) is 39.3 Å². The lowest BCUT2D eigenvalue weighted by molar-refractivity contribution is -0.141. The van der Waals surface area contributed by atoms with Crippen LogP contribution in [0.1, 0.15) is 54.1 Å². The first-order valence-electron chi connectivity index (χ1n) is 18.9. The number of carbonyl (C=O) groups excluding carboxylic acids is 5. The SMILES string of the molecule is C[C@@H](NC(=O)[C@@H](N)Cc1ccc(O)cc1)C(=O)N[C@@H](Cc1ccccc1)c1n[nH]c(CN[C@@H](Cc2ccc(O)cc2)C(=O)N2CCC[C@H]2C(=O)N[C@@H](CO)C(N)=O)n1. The molecule has 0 spiro atoms. The van der Waals surface area contributed by atoms with Gasteiger partial charge >= 0.3 is 0 Å². The molecule has 0 bridgehead atoms. The van der Waals surface area contributed by atoms with Crippen LogP contribution in [0, 0.1) is 0 Å². The molecule has 1 aliphatic rings. The molecular weight excluding hydrogens is 749 g/mol. The number of nitrogens with zero attached hydrogens (tertiary/aromatic N) is 3. The summed E-state index contributed by atoms with van der Waals surface area (Å²) in [6.07, 6.45) is 1.56. The summed E-state index contributed by atoms with van der Waals surface area (Å²) >= 11 is 0. The molecule has 6 atom stereocenters. The third-order valence-electron chi connectivity index (χ3n) is 9.81. The van der Waals surface area contributed by atoms with Gasteiger partial charge in [-0.05, 0) is 73.6 Å². The number of aromatic amines is 1. The van der Waals surface area contributed by atoms with Crippen LogP contribution in [0.2, 0.25) is 0 Å². The number of benzene rings is 3. The van der Waals surface area contributed by atoms with Gasteiger partial charge < -0.3 is 47.6 Å². The average Bonchev–Trinajstić information content (AvgIpc) is 3.91. The first kappa shape index (κ1) is 42.8. The number of amides is 5. The van der Waals surface area contributed by atoms with Crippen LogP contribution in [0.15, 0.2) is 78.9 Å². The number of nitrogens with one attached hydrogen (secondary N) is 5. The highest BCUT2D eigenvalue weighted by Gasteiger charge is 2.38. The fraction of sp³-hybridized carbons (Fsp3) is 0.375. The Morgan fingerprint density at radius 1 is 0.828 bits per heavy atom. The van der Waals surface area contributed by atoms with Crippen LogP contribution < -0.4 is 32.7 Å². The van der Waals surface area contributed by atoms with Crippen molar-refractivity contribution in [2.75, 3.05) is 13.2 Å². The molecule has 58 heavy (non-hydrogen) atoms. The highest BCUT2D eigenvalue weighted by Crippen LogP contribution is 2.22. The summed E-state index contributed by atoms with van der Waals surface area (Å²) in [5.74, 6) is -2.19. The Balaban J connectivity index is 1.28. The minimum absolute atomic E-state index is 0.0256. The monoisotopic (exact) mass is 798 g/mol. The van der Waals surface area contributed by atoms with Crippen LogP contribution in [0.25, 0.3) is 0 Å². The summed E-state index contributed by atoms with van der Waals surface area (Å²) in [6.45, 7) is 1.16. The molecule has 3 aromatic carbocycles. The third kappa shape index (κ3) is 11.8. The second-order valence-corrected chi connectivity index (χ2v) is 14.2. The minimum Gasteiger partial charge on any atom is -0.508 e. The van der Waals surface area contributed by atoms with Crippen molar-refractivity contribution in [1.82, 2.24) is 41.3 Å². The van der Waals surface area contributed by atoms with E-state index in [-0.39, 0.29) is 43.3 Å². The average molecular weight is 799 g/mol. The van der Waals surface area contributed by atoms with Crippen molar-refractivity contribution in [2.45, 2.75) is 81.8 Å². The largest absolute Gasteiger partial charge is 0.508 e. The van der Waals surface area contributed by atoms with Crippen LogP contribution in [-0.2, 0) is 49.8 Å². The van der Waals surface area contributed by atoms with Crippen molar-refractivity contribution < 1.29 is 39.3 Å². The molecule has 1 aliphatic heterocycles. The van der Waals surface area contributed by atoms with Gasteiger partial charge in [-0.3, -0.25) is 34.4 Å². The van der Waals surface area contributed by atoms with E-state index in [0.717, 1.165) is 16.7 Å². The normalized spacial score (nSPS) is 16.4. The maximum Gasteiger partial charge on any atom is 0.243 e. The number of phenols is 2. The van der Waals surface area contributed by atoms with Crippen LogP contribution in [0.5, 0.6) is 11.5 Å². The number of aromatic hydroxyl groups is 2. The van der Waals surface area contributed by atoms with Gasteiger partial charge in [-0.1, -0.05) is 54.6 Å². The molecular formula is C40H50N10O8. The molecule has 0 aliphatic carbocycles. The zero-order valence-electron chi connectivity index (χ0n) is 32.0. The van der Waals surface area contributed by atoms with E-state index in [1.54, 1.807) is 24.3 Å². The number of aromatic nitrogens is 3. The van der Waals surface area contributed by atoms with Crippen molar-refractivity contribution >= 4 is 29.5 Å². The van der Waals surface area contributed by atoms with Gasteiger partial charge in [0.25, 0.3) is 0 Å². The number of carbonyl (C=O) groups is 5. The highest BCUT2D eigenvalue weighted by atomic mass is 16.3. The van der Waals surface area contributed by atoms with Crippen LogP contribution in [-0.4, -0.2) is 108 Å². The molecule has 5 rings (SSSR count). The van der Waals surface area contributed by atoms with E-state index in [0.29, 0.717) is 25.1 Å². The zero-order chi connectivity index (χ0) is 41.8. The topological polar surface area (TPSA) is 291 Å². The van der Waals surface area contributed by atoms with Gasteiger partial charge in [0.1, 0.15) is 35.4 Å². The molecule has 0 unspecified atom stereocenters. The Morgan fingerprint density at radius 3 is 2.07 bits per heavy atom. The first-order chi connectivity index (χ1) is 27.8. The number of aliphatic hydroxyl groups excluding tert-OH is 1. The van der Waals surface area contributed by atoms with Crippen molar-refractivity contribution in [2.24, 2.45) is 11.5 Å². The van der Waals surface area contributed by atoms with E-state index in [1.807, 2.05) is 30.3 Å². The van der Waals surface area contributed by atoms with Gasteiger partial charge in [-0.15, -0.1) is 0 Å². The quantitative estimate of drug-likeness (QED) is 0.0566. The number of likely N-dealkylation sites (tertiary alicyclic amines) is 1. The number of hydrogen-bond donors (Lipinski definition) is 10. The summed E-state index contributed by atoms with van der Waals surface area (Å²) in [6, 6.07) is 16.4. The number of aliphatic hydroxyl groups is 1. The lowest BCUT2D eigenvalue weighted by atomic mass is 10.0. The second kappa shape index (κ2) is 20.2. The molecule has 1 fully saturated rings. The zero-order valence-corrected chi connectivity index (χ0v) is 32.0. The Kier molecular flexibility index (Phi) is 14.9. The van der Waals surface area contributed by atoms with E-state index in [4.69, 9.17) is 11.5 Å². The molecule has 308 valence electrons. The maximum atomic E-state index is 14.1. The summed E-state index contributed by atoms with van der Waals surface area (Å²) in [5, 5.41) is 47.4. The highest BCUT2D eigenvalue weighted by molar-refractivity contribution is 5.93. The molecule has 0 saturated carbocycles. The molecule has 1 saturated heterocycles. The van der Waals surface area contributed by atoms with Crippen LogP contribution >= 0.6 is 0 Å². The Labute approximate surface area is 334 Å². The lowest BCUT2D eigenvalue weighted by Crippen LogP contribution is -2.56. The number of hydrogen-bond acceptors (Lipinski definition) is 12. The van der Waals surface area contributed by atoms with E-state index < -0.39 is 72.4 Å². The van der Waals surface area contributed by atoms with Crippen molar-refractivity contribution in [3.63, 3.8) is 0 Å². The third-order valence-corrected chi connectivity index (χ3v) is 9.81. The van der Waals surface area contributed by atoms with E-state index in [2.05, 4.69) is 36.4 Å². The molecule has 0 radical (unpaired) electrons. The Hall–Kier alpha value is -6.37. The lowest BCUT2D eigenvalue weighted by Gasteiger charge is -2.29. The molecule has 18 heteroatoms. The first-order valence-corrected chi connectivity index (χ1v) is 18.9. The van der Waals surface area contributed by atoms with Gasteiger partial charge in [0.15, 0.2) is 5.82 Å². The predicted octanol–water partition coefficient (Wildman–Crippen LogP) is -0.655. The summed E-state index contributed by atoms with van der Waals surface area (Å²) in [4.78, 5) is 71.4. The number of primary amides is 1. The fourth-order valence-corrected chi connectivity index (χ4v) is 6.58. The number of nitrogens with two attached hydrogens (primary N) is 2. The van der Waals surface area contributed by atoms with Gasteiger partial charge in [0.05, 0.1) is 31.3 Å². The molecule has 5 amide bonds. The molecule has 2 heterocycles. The predicted molar refractivity (Wildman–Crippen MR) is 210 cm³/mol. The summed E-state index contributed by atoms with van der Waals surface area (Å²) in [5.41, 5.74) is 13.8. The molecule has 18 nitrogen and oxygen atoms in total. The minimum atomic E-state index is -1.30. The van der Waals surface area contributed by atoms with Gasteiger partial charge in [-0.25, -0.2) is 4.98 Å². The summed E-state index contributed by atoms with van der Waals surface area (Å²) in [7, 11) is 0. The van der Waals surface area contributed by atoms with E-state index >= 15 is 0 Å². The van der Waals surface area contributed by atoms with Crippen molar-refractivity contribution in [3.8, 4) is 11.5 Å². The van der Waals surface area contributed by atoms with Crippen molar-refractivity contribution in [3.05, 3.63) is 107 Å². The maximum absolute atomic E-state index is 14.1. The number of H-pyrrole nitrogens is 1. The summed E-state index contributed by atoms with van der Waals surface area (Å²) < 4.78 is 0. The fourth-order valence-electron chi connectivity index (χ4n) is 6.58. The number of rotatable bonds is 19. The van der Waals surface area contributed by atoms with Gasteiger partial charge in [0.2, 0.25) is 29.5 Å². The molecule has 12 N–H and O–H groups in total. The Morgan fingerprint density at radius 2 is 1.45 bits per heavy atom. The van der Waals surface area contributed by atoms with Crippen LogP contribution in [0.4, 0.5) is 0 Å². The van der Waals surface area contributed by atoms with E-state index in [1.165, 1.54) is 36.1 Å². The Bertz CT molecular complexity index is 2010. The van der Waals surface area contributed by atoms with Crippen molar-refractivity contribution in [1.29, 1.82) is 0 Å². The van der Waals surface area contributed by atoms with Crippen LogP contribution in [0.3, 0.4) is 0 Å². The van der Waals surface area contributed by atoms with Gasteiger partial charge in [-0.2, -0.15) is 5.10 Å². The number of phenolic OH excluding ortho intramolecular Hbond substituents is 2. The second-order valence-electron chi connectivity index (χ2n) is 14.2. The molecule has 4 aromatic rings.